The van der Waals surface area contributed by atoms with Crippen LogP contribution in [0, 0.1) is 5.92 Å². The van der Waals surface area contributed by atoms with E-state index in [-0.39, 0.29) is 46.2 Å². The molecule has 3 N–H and O–H groups in total. The Labute approximate surface area is 407 Å². The summed E-state index contributed by atoms with van der Waals surface area (Å²) in [7, 11) is -2.49. The highest BCUT2D eigenvalue weighted by molar-refractivity contribution is 6.74. The van der Waals surface area contributed by atoms with Crippen LogP contribution in [0.1, 0.15) is 106 Å². The summed E-state index contributed by atoms with van der Waals surface area (Å²) in [5, 5.41) is 15.9. The molecule has 3 fully saturated rings. The van der Waals surface area contributed by atoms with Crippen LogP contribution in [0.5, 0.6) is 5.75 Å². The number of carbonyl (C=O) groups is 3. The number of carbonyl (C=O) groups excluding carboxylic acids is 3. The number of pyridine rings is 1. The van der Waals surface area contributed by atoms with Crippen molar-refractivity contribution in [3.05, 3.63) is 147 Å². The van der Waals surface area contributed by atoms with E-state index in [1.807, 2.05) is 69.3 Å². The lowest BCUT2D eigenvalue weighted by Crippen LogP contribution is -2.53. The Bertz CT molecular complexity index is 2620. The van der Waals surface area contributed by atoms with Crippen LogP contribution in [0.4, 0.5) is 4.79 Å². The molecular formula is C55H70N4O9Si. The molecule has 2 amide bonds. The fourth-order valence-corrected chi connectivity index (χ4v) is 10.1. The molecule has 1 unspecified atom stereocenters. The number of nitrogens with one attached hydrogen (secondary N) is 2. The van der Waals surface area contributed by atoms with Gasteiger partial charge in [-0.25, -0.2) is 9.59 Å². The number of amides is 2. The summed E-state index contributed by atoms with van der Waals surface area (Å²) in [6, 6.07) is 32.1. The molecule has 14 heteroatoms. The second-order valence-electron chi connectivity index (χ2n) is 21.0. The third-order valence-corrected chi connectivity index (χ3v) is 18.3. The molecule has 4 heterocycles. The van der Waals surface area contributed by atoms with Crippen LogP contribution in [0.15, 0.2) is 114 Å². The number of ether oxygens (including phenoxy) is 3. The standard InChI is InChI=1S/C55H70N4O9Si/c1-53(2,3)67-52(63)59(36-47(68-69(7,8)54(4,5)6)43-24-26-45(49-44(43)25-27-48(60)57-49)65-37-38-18-11-9-12-19-38)31-16-15-30-56-50(61)40-20-17-23-42(34-40)55(64,41-21-13-10-14-22-41)51(62)66-46-35-58-32-28-39(46)29-33-58/h9-14,17-27,34,39,46-47,64H,15-16,28-33,35-37H2,1-8H3,(H,56,61)(H,57,60)/t46?,47-,55+/m0/s1. The van der Waals surface area contributed by atoms with Crippen molar-refractivity contribution >= 4 is 37.2 Å². The number of hydrogen-bond donors (Lipinski definition) is 3. The Kier molecular flexibility index (Phi) is 15.9. The zero-order valence-corrected chi connectivity index (χ0v) is 42.5. The molecule has 3 atom stereocenters. The van der Waals surface area contributed by atoms with Gasteiger partial charge in [0.15, 0.2) is 8.32 Å². The minimum Gasteiger partial charge on any atom is -0.487 e. The molecule has 368 valence electrons. The number of fused-ring (bicyclic) bond motifs is 4. The maximum absolute atomic E-state index is 14.1. The van der Waals surface area contributed by atoms with E-state index in [1.165, 1.54) is 6.07 Å². The molecule has 3 saturated heterocycles. The Morgan fingerprint density at radius 2 is 1.54 bits per heavy atom. The molecule has 8 rings (SSSR count). The molecule has 2 bridgehead atoms. The largest absolute Gasteiger partial charge is 0.487 e. The molecule has 3 aliphatic rings. The van der Waals surface area contributed by atoms with Gasteiger partial charge in [0.05, 0.1) is 18.2 Å². The zero-order chi connectivity index (χ0) is 49.6. The number of unbranched alkanes of at least 4 members (excludes halogenated alkanes) is 1. The van der Waals surface area contributed by atoms with Crippen LogP contribution in [0.25, 0.3) is 10.9 Å². The maximum atomic E-state index is 14.1. The number of H-pyrrole nitrogens is 1. The van der Waals surface area contributed by atoms with E-state index < -0.39 is 37.7 Å². The minimum atomic E-state index is -2.49. The van der Waals surface area contributed by atoms with E-state index in [4.69, 9.17) is 18.6 Å². The second-order valence-corrected chi connectivity index (χ2v) is 25.8. The quantitative estimate of drug-likeness (QED) is 0.0439. The van der Waals surface area contributed by atoms with Gasteiger partial charge in [-0.1, -0.05) is 99.6 Å². The predicted molar refractivity (Wildman–Crippen MR) is 271 cm³/mol. The minimum absolute atomic E-state index is 0.158. The molecule has 69 heavy (non-hydrogen) atoms. The molecule has 4 aromatic carbocycles. The number of benzene rings is 4. The molecule has 0 radical (unpaired) electrons. The molecule has 1 aromatic heterocycles. The molecule has 13 nitrogen and oxygen atoms in total. The molecule has 3 aliphatic heterocycles. The van der Waals surface area contributed by atoms with Crippen LogP contribution < -0.4 is 15.6 Å². The lowest BCUT2D eigenvalue weighted by molar-refractivity contribution is -0.177. The van der Waals surface area contributed by atoms with Crippen LogP contribution in [0.2, 0.25) is 18.1 Å². The van der Waals surface area contributed by atoms with E-state index in [0.717, 1.165) is 42.4 Å². The number of nitrogens with zero attached hydrogens (tertiary/aromatic N) is 2. The molecular weight excluding hydrogens is 889 g/mol. The first-order valence-corrected chi connectivity index (χ1v) is 27.2. The van der Waals surface area contributed by atoms with Gasteiger partial charge in [0.2, 0.25) is 11.2 Å². The highest BCUT2D eigenvalue weighted by Gasteiger charge is 2.46. The number of hydrogen-bond acceptors (Lipinski definition) is 10. The monoisotopic (exact) mass is 958 g/mol. The smallest absolute Gasteiger partial charge is 0.410 e. The Morgan fingerprint density at radius 3 is 2.19 bits per heavy atom. The van der Waals surface area contributed by atoms with Crippen molar-refractivity contribution in [2.75, 3.05) is 39.3 Å². The van der Waals surface area contributed by atoms with Gasteiger partial charge in [0.1, 0.15) is 24.1 Å². The van der Waals surface area contributed by atoms with Gasteiger partial charge in [0, 0.05) is 42.2 Å². The first-order valence-electron chi connectivity index (χ1n) is 24.3. The van der Waals surface area contributed by atoms with Gasteiger partial charge in [-0.2, -0.15) is 0 Å². The first-order chi connectivity index (χ1) is 32.7. The van der Waals surface area contributed by atoms with Crippen molar-refractivity contribution in [2.24, 2.45) is 5.92 Å². The van der Waals surface area contributed by atoms with Gasteiger partial charge in [-0.15, -0.1) is 0 Å². The summed E-state index contributed by atoms with van der Waals surface area (Å²) < 4.78 is 25.5. The van der Waals surface area contributed by atoms with Crippen LogP contribution >= 0.6 is 0 Å². The van der Waals surface area contributed by atoms with Crippen molar-refractivity contribution in [3.63, 3.8) is 0 Å². The number of rotatable bonds is 18. The zero-order valence-electron chi connectivity index (χ0n) is 41.5. The van der Waals surface area contributed by atoms with E-state index >= 15 is 0 Å². The Morgan fingerprint density at radius 1 is 0.855 bits per heavy atom. The predicted octanol–water partition coefficient (Wildman–Crippen LogP) is 9.49. The second kappa shape index (κ2) is 21.5. The molecule has 0 saturated carbocycles. The van der Waals surface area contributed by atoms with Crippen molar-refractivity contribution in [2.45, 2.75) is 115 Å². The van der Waals surface area contributed by atoms with E-state index in [9.17, 15) is 24.3 Å². The summed E-state index contributed by atoms with van der Waals surface area (Å²) in [5.74, 6) is -0.357. The van der Waals surface area contributed by atoms with Gasteiger partial charge < -0.3 is 38.9 Å². The van der Waals surface area contributed by atoms with Gasteiger partial charge in [0.25, 0.3) is 5.91 Å². The van der Waals surface area contributed by atoms with E-state index in [2.05, 4.69) is 49.1 Å². The topological polar surface area (TPSA) is 160 Å². The fraction of sp³-hybridized carbons (Fsp3) is 0.455. The van der Waals surface area contributed by atoms with Gasteiger partial charge >= 0.3 is 12.1 Å². The van der Waals surface area contributed by atoms with E-state index in [1.54, 1.807) is 59.5 Å². The lowest BCUT2D eigenvalue weighted by Gasteiger charge is -2.44. The fourth-order valence-electron chi connectivity index (χ4n) is 8.87. The van der Waals surface area contributed by atoms with Crippen molar-refractivity contribution in [1.29, 1.82) is 0 Å². The molecule has 0 aliphatic carbocycles. The number of piperidine rings is 3. The average Bonchev–Trinajstić information content (AvgIpc) is 3.32. The summed E-state index contributed by atoms with van der Waals surface area (Å²) in [5.41, 5.74) is 0.0255. The number of aromatic amines is 1. The van der Waals surface area contributed by atoms with Crippen molar-refractivity contribution in [1.82, 2.24) is 20.1 Å². The SMILES string of the molecule is CC(C)(C)OC(=O)N(CCCCNC(=O)c1cccc([C@@](O)(C(=O)OC2CN3CCC2CC3)c2ccccc2)c1)C[C@H](O[Si](C)(C)C(C)(C)C)c1ccc(OCc2ccccc2)c2[nH]c(=O)ccc12. The van der Waals surface area contributed by atoms with Gasteiger partial charge in [-0.3, -0.25) is 14.5 Å². The third-order valence-electron chi connectivity index (χ3n) is 13.8. The third kappa shape index (κ3) is 12.5. The first kappa shape index (κ1) is 51.1. The average molecular weight is 959 g/mol. The Balaban J connectivity index is 1.07. The highest BCUT2D eigenvalue weighted by Crippen LogP contribution is 2.42. The highest BCUT2D eigenvalue weighted by atomic mass is 28.4. The Hall–Kier alpha value is -5.80. The number of aliphatic hydroxyl groups is 1. The summed E-state index contributed by atoms with van der Waals surface area (Å²) >= 11 is 0. The number of aromatic nitrogens is 1. The van der Waals surface area contributed by atoms with E-state index in [0.29, 0.717) is 55.9 Å². The van der Waals surface area contributed by atoms with Crippen LogP contribution in [-0.2, 0) is 30.9 Å². The molecule has 0 spiro atoms. The summed E-state index contributed by atoms with van der Waals surface area (Å²) in [6.07, 6.45) is 1.53. The lowest BCUT2D eigenvalue weighted by atomic mass is 9.84. The maximum Gasteiger partial charge on any atom is 0.410 e. The van der Waals surface area contributed by atoms with Gasteiger partial charge in [-0.05, 0) is 125 Å². The molecule has 5 aromatic rings. The normalized spacial score (nSPS) is 18.5. The van der Waals surface area contributed by atoms with Crippen LogP contribution in [0.3, 0.4) is 0 Å². The van der Waals surface area contributed by atoms with Crippen molar-refractivity contribution in [3.8, 4) is 5.75 Å². The summed E-state index contributed by atoms with van der Waals surface area (Å²) in [6.45, 7) is 20.0. The number of esters is 1. The van der Waals surface area contributed by atoms with Crippen molar-refractivity contribution < 1.29 is 38.1 Å². The summed E-state index contributed by atoms with van der Waals surface area (Å²) in [4.78, 5) is 61.7. The van der Waals surface area contributed by atoms with Crippen LogP contribution in [-0.4, -0.2) is 97.2 Å².